The Morgan fingerprint density at radius 2 is 1.76 bits per heavy atom. The number of carbonyl (C=O) groups is 4. The molecule has 0 radical (unpaired) electrons. The molecule has 182 valence electrons. The molecule has 1 aliphatic heterocycles. The van der Waals surface area contributed by atoms with Crippen LogP contribution in [-0.2, 0) is 25.6 Å². The Balaban J connectivity index is 2.02. The van der Waals surface area contributed by atoms with Gasteiger partial charge in [0.2, 0.25) is 17.7 Å². The van der Waals surface area contributed by atoms with Gasteiger partial charge in [0.25, 0.3) is 0 Å². The number of likely N-dealkylation sites (tertiary alicyclic amines) is 1. The van der Waals surface area contributed by atoms with Crippen molar-refractivity contribution in [1.29, 1.82) is 0 Å². The van der Waals surface area contributed by atoms with Crippen LogP contribution in [0, 0.1) is 5.92 Å². The van der Waals surface area contributed by atoms with Gasteiger partial charge in [-0.05, 0) is 49.8 Å². The monoisotopic (exact) mass is 462 g/mol. The van der Waals surface area contributed by atoms with Gasteiger partial charge >= 0.3 is 5.97 Å². The molecule has 1 heterocycles. The lowest BCUT2D eigenvalue weighted by atomic mass is 9.97. The Hall–Kier alpha value is -3.14. The number of amides is 3. The molecular formula is C23H34N4O6. The van der Waals surface area contributed by atoms with E-state index < -0.39 is 47.9 Å². The van der Waals surface area contributed by atoms with Crippen LogP contribution in [0.5, 0.6) is 5.75 Å². The lowest BCUT2D eigenvalue weighted by Gasteiger charge is -2.29. The second-order valence-corrected chi connectivity index (χ2v) is 8.61. The minimum Gasteiger partial charge on any atom is -0.508 e. The van der Waals surface area contributed by atoms with Gasteiger partial charge in [-0.1, -0.05) is 32.4 Å². The van der Waals surface area contributed by atoms with Crippen molar-refractivity contribution < 1.29 is 29.4 Å². The topological polar surface area (TPSA) is 162 Å². The van der Waals surface area contributed by atoms with Crippen molar-refractivity contribution in [2.24, 2.45) is 11.7 Å². The first-order valence-corrected chi connectivity index (χ1v) is 11.2. The highest BCUT2D eigenvalue weighted by Crippen LogP contribution is 2.19. The predicted molar refractivity (Wildman–Crippen MR) is 121 cm³/mol. The van der Waals surface area contributed by atoms with Gasteiger partial charge in [-0.15, -0.1) is 0 Å². The number of hydrogen-bond donors (Lipinski definition) is 5. The van der Waals surface area contributed by atoms with Crippen molar-refractivity contribution in [1.82, 2.24) is 15.5 Å². The molecule has 5 unspecified atom stereocenters. The van der Waals surface area contributed by atoms with Crippen LogP contribution in [0.4, 0.5) is 0 Å². The minimum atomic E-state index is -1.06. The Kier molecular flexibility index (Phi) is 9.22. The SMILES string of the molecule is CCC(C)C(NC(=O)C(N)Cc1ccc(O)cc1)C(=O)NC(C)C(=O)N1CCCC1C(=O)O. The first kappa shape index (κ1) is 26.1. The molecule has 0 aliphatic carbocycles. The van der Waals surface area contributed by atoms with Crippen molar-refractivity contribution >= 4 is 23.7 Å². The number of phenolic OH excluding ortho intramolecular Hbond substituents is 1. The van der Waals surface area contributed by atoms with Crippen LogP contribution >= 0.6 is 0 Å². The van der Waals surface area contributed by atoms with E-state index in [-0.39, 0.29) is 18.1 Å². The molecule has 1 aromatic rings. The zero-order valence-corrected chi connectivity index (χ0v) is 19.3. The standard InChI is InChI=1S/C23H34N4O6/c1-4-13(2)19(26-20(29)17(24)12-15-7-9-16(28)10-8-15)21(30)25-14(3)22(31)27-11-5-6-18(27)23(32)33/h7-10,13-14,17-19,28H,4-6,11-12,24H2,1-3H3,(H,25,30)(H,26,29)(H,32,33). The van der Waals surface area contributed by atoms with E-state index in [4.69, 9.17) is 5.73 Å². The molecule has 10 nitrogen and oxygen atoms in total. The van der Waals surface area contributed by atoms with Gasteiger partial charge in [0.15, 0.2) is 0 Å². The van der Waals surface area contributed by atoms with Crippen LogP contribution in [0.1, 0.15) is 45.6 Å². The molecule has 33 heavy (non-hydrogen) atoms. The van der Waals surface area contributed by atoms with Crippen LogP contribution in [0.25, 0.3) is 0 Å². The molecule has 1 fully saturated rings. The van der Waals surface area contributed by atoms with E-state index in [1.54, 1.807) is 12.1 Å². The summed E-state index contributed by atoms with van der Waals surface area (Å²) in [5, 5.41) is 24.0. The molecule has 10 heteroatoms. The molecule has 0 aromatic heterocycles. The average molecular weight is 463 g/mol. The molecule has 1 aromatic carbocycles. The summed E-state index contributed by atoms with van der Waals surface area (Å²) in [5.41, 5.74) is 6.79. The number of aromatic hydroxyl groups is 1. The zero-order chi connectivity index (χ0) is 24.7. The van der Waals surface area contributed by atoms with Gasteiger partial charge in [0, 0.05) is 6.54 Å². The summed E-state index contributed by atoms with van der Waals surface area (Å²) in [5.74, 6) is -2.68. The van der Waals surface area contributed by atoms with E-state index in [9.17, 15) is 29.4 Å². The van der Waals surface area contributed by atoms with Gasteiger partial charge < -0.3 is 31.5 Å². The third-order valence-corrected chi connectivity index (χ3v) is 6.07. The number of nitrogens with two attached hydrogens (primary N) is 1. The lowest BCUT2D eigenvalue weighted by Crippen LogP contribution is -2.58. The maximum atomic E-state index is 13.0. The third kappa shape index (κ3) is 6.92. The van der Waals surface area contributed by atoms with E-state index in [1.807, 2.05) is 13.8 Å². The number of benzene rings is 1. The number of carboxylic acids is 1. The summed E-state index contributed by atoms with van der Waals surface area (Å²) >= 11 is 0. The number of phenols is 1. The van der Waals surface area contributed by atoms with Crippen LogP contribution in [-0.4, -0.2) is 69.5 Å². The largest absolute Gasteiger partial charge is 0.508 e. The zero-order valence-electron chi connectivity index (χ0n) is 19.3. The summed E-state index contributed by atoms with van der Waals surface area (Å²) in [6, 6.07) is 2.69. The highest BCUT2D eigenvalue weighted by atomic mass is 16.4. The number of carboxylic acid groups (broad SMARTS) is 1. The van der Waals surface area contributed by atoms with E-state index in [2.05, 4.69) is 10.6 Å². The van der Waals surface area contributed by atoms with Gasteiger partial charge in [0.05, 0.1) is 6.04 Å². The van der Waals surface area contributed by atoms with Crippen molar-refractivity contribution in [3.8, 4) is 5.75 Å². The fourth-order valence-corrected chi connectivity index (χ4v) is 3.84. The number of hydrogen-bond acceptors (Lipinski definition) is 6. The van der Waals surface area contributed by atoms with Crippen molar-refractivity contribution in [2.45, 2.75) is 70.6 Å². The second-order valence-electron chi connectivity index (χ2n) is 8.61. The van der Waals surface area contributed by atoms with Crippen molar-refractivity contribution in [3.63, 3.8) is 0 Å². The van der Waals surface area contributed by atoms with E-state index >= 15 is 0 Å². The molecule has 0 spiro atoms. The molecule has 0 saturated carbocycles. The maximum absolute atomic E-state index is 13.0. The Bertz CT molecular complexity index is 859. The molecule has 2 rings (SSSR count). The van der Waals surface area contributed by atoms with E-state index in [0.29, 0.717) is 25.8 Å². The fraction of sp³-hybridized carbons (Fsp3) is 0.565. The Morgan fingerprint density at radius 3 is 2.33 bits per heavy atom. The summed E-state index contributed by atoms with van der Waals surface area (Å²) in [4.78, 5) is 51.0. The highest BCUT2D eigenvalue weighted by molar-refractivity contribution is 5.94. The van der Waals surface area contributed by atoms with Crippen LogP contribution < -0.4 is 16.4 Å². The second kappa shape index (κ2) is 11.6. The number of carbonyl (C=O) groups excluding carboxylic acids is 3. The van der Waals surface area contributed by atoms with E-state index in [0.717, 1.165) is 5.56 Å². The number of aliphatic carboxylic acids is 1. The molecular weight excluding hydrogens is 428 g/mol. The van der Waals surface area contributed by atoms with Gasteiger partial charge in [-0.2, -0.15) is 0 Å². The van der Waals surface area contributed by atoms with Gasteiger partial charge in [-0.25, -0.2) is 4.79 Å². The van der Waals surface area contributed by atoms with Gasteiger partial charge in [0.1, 0.15) is 23.9 Å². The summed E-state index contributed by atoms with van der Waals surface area (Å²) < 4.78 is 0. The average Bonchev–Trinajstić information content (AvgIpc) is 3.27. The summed E-state index contributed by atoms with van der Waals surface area (Å²) in [6.45, 7) is 5.52. The van der Waals surface area contributed by atoms with E-state index in [1.165, 1.54) is 24.0 Å². The first-order valence-electron chi connectivity index (χ1n) is 11.2. The highest BCUT2D eigenvalue weighted by Gasteiger charge is 2.37. The summed E-state index contributed by atoms with van der Waals surface area (Å²) in [7, 11) is 0. The van der Waals surface area contributed by atoms with Crippen LogP contribution in [0.15, 0.2) is 24.3 Å². The molecule has 0 bridgehead atoms. The predicted octanol–water partition coefficient (Wildman–Crippen LogP) is 0.373. The molecule has 1 saturated heterocycles. The minimum absolute atomic E-state index is 0.109. The number of rotatable bonds is 10. The summed E-state index contributed by atoms with van der Waals surface area (Å²) in [6.07, 6.45) is 1.79. The van der Waals surface area contributed by atoms with Crippen molar-refractivity contribution in [3.05, 3.63) is 29.8 Å². The normalized spacial score (nSPS) is 19.3. The Labute approximate surface area is 193 Å². The fourth-order valence-electron chi connectivity index (χ4n) is 3.84. The lowest BCUT2D eigenvalue weighted by molar-refractivity contribution is -0.149. The number of nitrogens with zero attached hydrogens (tertiary/aromatic N) is 1. The van der Waals surface area contributed by atoms with Crippen molar-refractivity contribution in [2.75, 3.05) is 6.54 Å². The molecule has 5 atom stereocenters. The first-order chi connectivity index (χ1) is 15.5. The molecule has 1 aliphatic rings. The maximum Gasteiger partial charge on any atom is 0.326 e. The smallest absolute Gasteiger partial charge is 0.326 e. The molecule has 3 amide bonds. The number of nitrogens with one attached hydrogen (secondary N) is 2. The molecule has 6 N–H and O–H groups in total. The van der Waals surface area contributed by atoms with Crippen LogP contribution in [0.2, 0.25) is 0 Å². The Morgan fingerprint density at radius 1 is 1.12 bits per heavy atom. The van der Waals surface area contributed by atoms with Crippen LogP contribution in [0.3, 0.4) is 0 Å². The van der Waals surface area contributed by atoms with Gasteiger partial charge in [-0.3, -0.25) is 14.4 Å². The third-order valence-electron chi connectivity index (χ3n) is 6.07. The quantitative estimate of drug-likeness (QED) is 0.335.